The third-order valence-electron chi connectivity index (χ3n) is 4.92. The summed E-state index contributed by atoms with van der Waals surface area (Å²) in [4.78, 5) is 11.8. The molecule has 146 valence electrons. The SMILES string of the molecule is CCc1ccc2cc(-c3ccc(OCCOc4ccccc4)cc3)c(C=O)n2c1. The van der Waals surface area contributed by atoms with Gasteiger partial charge in [0, 0.05) is 17.3 Å². The van der Waals surface area contributed by atoms with Crippen molar-refractivity contribution in [1.29, 1.82) is 0 Å². The number of aromatic nitrogens is 1. The fourth-order valence-corrected chi connectivity index (χ4v) is 3.36. The first-order valence-corrected chi connectivity index (χ1v) is 9.78. The van der Waals surface area contributed by atoms with Gasteiger partial charge in [0.25, 0.3) is 0 Å². The number of carbonyl (C=O) groups excluding carboxylic acids is 1. The van der Waals surface area contributed by atoms with Gasteiger partial charge in [-0.1, -0.05) is 43.3 Å². The van der Waals surface area contributed by atoms with E-state index >= 15 is 0 Å². The number of fused-ring (bicyclic) bond motifs is 1. The van der Waals surface area contributed by atoms with Crippen LogP contribution in [0.2, 0.25) is 0 Å². The number of aldehydes is 1. The highest BCUT2D eigenvalue weighted by Crippen LogP contribution is 2.29. The molecular formula is C25H23NO3. The fraction of sp³-hybridized carbons (Fsp3) is 0.160. The second kappa shape index (κ2) is 8.65. The molecule has 0 atom stereocenters. The summed E-state index contributed by atoms with van der Waals surface area (Å²) in [5.74, 6) is 1.61. The van der Waals surface area contributed by atoms with Gasteiger partial charge in [-0.3, -0.25) is 4.79 Å². The number of benzene rings is 2. The summed E-state index contributed by atoms with van der Waals surface area (Å²) >= 11 is 0. The zero-order chi connectivity index (χ0) is 20.1. The zero-order valence-corrected chi connectivity index (χ0v) is 16.4. The van der Waals surface area contributed by atoms with Crippen LogP contribution >= 0.6 is 0 Å². The Morgan fingerprint density at radius 1 is 0.862 bits per heavy atom. The second-order valence-corrected chi connectivity index (χ2v) is 6.78. The molecule has 4 aromatic rings. The number of aryl methyl sites for hydroxylation is 1. The lowest BCUT2D eigenvalue weighted by atomic mass is 10.1. The second-order valence-electron chi connectivity index (χ2n) is 6.78. The molecule has 0 aliphatic carbocycles. The first kappa shape index (κ1) is 18.8. The van der Waals surface area contributed by atoms with Gasteiger partial charge in [0.2, 0.25) is 0 Å². The maximum atomic E-state index is 11.8. The highest BCUT2D eigenvalue weighted by Gasteiger charge is 2.12. The Morgan fingerprint density at radius 2 is 1.55 bits per heavy atom. The van der Waals surface area contributed by atoms with Crippen LogP contribution in [-0.2, 0) is 6.42 Å². The number of hydrogen-bond donors (Lipinski definition) is 0. The highest BCUT2D eigenvalue weighted by molar-refractivity contribution is 5.90. The van der Waals surface area contributed by atoms with Crippen molar-refractivity contribution in [1.82, 2.24) is 4.40 Å². The van der Waals surface area contributed by atoms with E-state index in [9.17, 15) is 4.79 Å². The van der Waals surface area contributed by atoms with Crippen molar-refractivity contribution in [3.05, 3.63) is 90.3 Å². The van der Waals surface area contributed by atoms with Crippen molar-refractivity contribution in [2.45, 2.75) is 13.3 Å². The minimum absolute atomic E-state index is 0.462. The van der Waals surface area contributed by atoms with Gasteiger partial charge in [0.15, 0.2) is 6.29 Å². The van der Waals surface area contributed by atoms with Crippen molar-refractivity contribution >= 4 is 11.8 Å². The predicted molar refractivity (Wildman–Crippen MR) is 115 cm³/mol. The molecule has 0 amide bonds. The molecular weight excluding hydrogens is 362 g/mol. The standard InChI is InChI=1S/C25H23NO3/c1-2-19-8-11-21-16-24(25(18-27)26(21)17-19)20-9-12-23(13-10-20)29-15-14-28-22-6-4-3-5-7-22/h3-13,16-18H,2,14-15H2,1H3. The molecule has 29 heavy (non-hydrogen) atoms. The summed E-state index contributed by atoms with van der Waals surface area (Å²) < 4.78 is 13.4. The lowest BCUT2D eigenvalue weighted by Crippen LogP contribution is -2.08. The van der Waals surface area contributed by atoms with E-state index in [-0.39, 0.29) is 0 Å². The summed E-state index contributed by atoms with van der Waals surface area (Å²) in [5.41, 5.74) is 4.79. The molecule has 2 heterocycles. The lowest BCUT2D eigenvalue weighted by molar-refractivity contribution is 0.111. The number of pyridine rings is 1. The van der Waals surface area contributed by atoms with Crippen molar-refractivity contribution < 1.29 is 14.3 Å². The summed E-state index contributed by atoms with van der Waals surface area (Å²) in [5, 5.41) is 0. The van der Waals surface area contributed by atoms with Crippen LogP contribution in [0.3, 0.4) is 0 Å². The number of ether oxygens (including phenoxy) is 2. The van der Waals surface area contributed by atoms with E-state index in [0.29, 0.717) is 18.9 Å². The number of rotatable bonds is 8. The highest BCUT2D eigenvalue weighted by atomic mass is 16.5. The fourth-order valence-electron chi connectivity index (χ4n) is 3.36. The molecule has 4 nitrogen and oxygen atoms in total. The van der Waals surface area contributed by atoms with Gasteiger partial charge in [-0.25, -0.2) is 0 Å². The molecule has 0 saturated heterocycles. The van der Waals surface area contributed by atoms with E-state index in [2.05, 4.69) is 19.1 Å². The van der Waals surface area contributed by atoms with Crippen molar-refractivity contribution in [3.8, 4) is 22.6 Å². The maximum absolute atomic E-state index is 11.8. The summed E-state index contributed by atoms with van der Waals surface area (Å²) in [6.45, 7) is 3.05. The average Bonchev–Trinajstić information content (AvgIpc) is 3.15. The largest absolute Gasteiger partial charge is 0.490 e. The van der Waals surface area contributed by atoms with Crippen molar-refractivity contribution in [2.75, 3.05) is 13.2 Å². The van der Waals surface area contributed by atoms with Crippen LogP contribution < -0.4 is 9.47 Å². The summed E-state index contributed by atoms with van der Waals surface area (Å²) in [6.07, 6.45) is 3.89. The molecule has 0 unspecified atom stereocenters. The van der Waals surface area contributed by atoms with E-state index in [1.807, 2.05) is 71.3 Å². The van der Waals surface area contributed by atoms with Crippen molar-refractivity contribution in [3.63, 3.8) is 0 Å². The Balaban J connectivity index is 1.45. The monoisotopic (exact) mass is 385 g/mol. The molecule has 0 aliphatic heterocycles. The molecule has 0 bridgehead atoms. The minimum atomic E-state index is 0.462. The third-order valence-corrected chi connectivity index (χ3v) is 4.92. The first-order chi connectivity index (χ1) is 14.3. The summed E-state index contributed by atoms with van der Waals surface area (Å²) in [7, 11) is 0. The van der Waals surface area contributed by atoms with Gasteiger partial charge in [-0.2, -0.15) is 0 Å². The molecule has 2 aromatic carbocycles. The number of hydrogen-bond acceptors (Lipinski definition) is 3. The van der Waals surface area contributed by atoms with E-state index in [0.717, 1.165) is 40.8 Å². The maximum Gasteiger partial charge on any atom is 0.167 e. The van der Waals surface area contributed by atoms with Crippen LogP contribution in [0.4, 0.5) is 0 Å². The first-order valence-electron chi connectivity index (χ1n) is 9.78. The average molecular weight is 385 g/mol. The zero-order valence-electron chi connectivity index (χ0n) is 16.4. The van der Waals surface area contributed by atoms with Crippen LogP contribution in [0.5, 0.6) is 11.5 Å². The van der Waals surface area contributed by atoms with Crippen LogP contribution in [-0.4, -0.2) is 23.9 Å². The van der Waals surface area contributed by atoms with Gasteiger partial charge < -0.3 is 13.9 Å². The molecule has 0 fully saturated rings. The van der Waals surface area contributed by atoms with Crippen LogP contribution in [0.15, 0.2) is 79.0 Å². The Bertz CT molecular complexity index is 1100. The van der Waals surface area contributed by atoms with Gasteiger partial charge in [-0.15, -0.1) is 0 Å². The van der Waals surface area contributed by atoms with E-state index in [4.69, 9.17) is 9.47 Å². The topological polar surface area (TPSA) is 39.9 Å². The molecule has 4 rings (SSSR count). The lowest BCUT2D eigenvalue weighted by Gasteiger charge is -2.09. The number of carbonyl (C=O) groups is 1. The quantitative estimate of drug-likeness (QED) is 0.300. The van der Waals surface area contributed by atoms with Crippen molar-refractivity contribution in [2.24, 2.45) is 0 Å². The van der Waals surface area contributed by atoms with Gasteiger partial charge >= 0.3 is 0 Å². The molecule has 4 heteroatoms. The normalized spacial score (nSPS) is 10.8. The van der Waals surface area contributed by atoms with Gasteiger partial charge in [0.1, 0.15) is 24.7 Å². The van der Waals surface area contributed by atoms with Gasteiger partial charge in [0.05, 0.1) is 5.69 Å². The predicted octanol–water partition coefficient (Wildman–Crippen LogP) is 5.44. The van der Waals surface area contributed by atoms with E-state index < -0.39 is 0 Å². The smallest absolute Gasteiger partial charge is 0.167 e. The van der Waals surface area contributed by atoms with Gasteiger partial charge in [-0.05, 0) is 53.9 Å². The molecule has 0 N–H and O–H groups in total. The van der Waals surface area contributed by atoms with Crippen LogP contribution in [0.25, 0.3) is 16.6 Å². The summed E-state index contributed by atoms with van der Waals surface area (Å²) in [6, 6.07) is 23.7. The third kappa shape index (κ3) is 4.16. The Kier molecular flexibility index (Phi) is 5.61. The molecule has 0 spiro atoms. The number of para-hydroxylation sites is 1. The molecule has 0 aliphatic rings. The van der Waals surface area contributed by atoms with Crippen LogP contribution in [0.1, 0.15) is 23.0 Å². The Morgan fingerprint density at radius 3 is 2.21 bits per heavy atom. The molecule has 2 aromatic heterocycles. The van der Waals surface area contributed by atoms with E-state index in [1.165, 1.54) is 5.56 Å². The molecule has 0 radical (unpaired) electrons. The Hall–Kier alpha value is -3.53. The van der Waals surface area contributed by atoms with E-state index in [1.54, 1.807) is 0 Å². The number of nitrogens with zero attached hydrogens (tertiary/aromatic N) is 1. The minimum Gasteiger partial charge on any atom is -0.490 e. The molecule has 0 saturated carbocycles. The van der Waals surface area contributed by atoms with Crippen LogP contribution in [0, 0.1) is 0 Å². The Labute approximate surface area is 170 Å².